The molecule has 8 nitrogen and oxygen atoms in total. The highest BCUT2D eigenvalue weighted by Crippen LogP contribution is 2.34. The Hall–Kier alpha value is -1.87. The van der Waals surface area contributed by atoms with E-state index in [9.17, 15) is 4.79 Å². The summed E-state index contributed by atoms with van der Waals surface area (Å²) in [6.45, 7) is 3.64. The van der Waals surface area contributed by atoms with Crippen LogP contribution in [0.4, 0.5) is 5.82 Å². The SMILES string of the molecule is CSC[C@H]1O[C@@H](n2cnc3c(N)ncnc32)C[C@@H]1OC(=O)C(C)C. The Balaban J connectivity index is 1.84. The molecule has 24 heavy (non-hydrogen) atoms. The zero-order valence-electron chi connectivity index (χ0n) is 13.9. The topological polar surface area (TPSA) is 105 Å². The van der Waals surface area contributed by atoms with Crippen LogP contribution in [-0.2, 0) is 14.3 Å². The number of rotatable bonds is 5. The Labute approximate surface area is 144 Å². The van der Waals surface area contributed by atoms with Gasteiger partial charge in [-0.15, -0.1) is 0 Å². The van der Waals surface area contributed by atoms with E-state index in [4.69, 9.17) is 15.2 Å². The number of ether oxygens (including phenoxy) is 2. The molecule has 0 spiro atoms. The van der Waals surface area contributed by atoms with Gasteiger partial charge in [-0.1, -0.05) is 13.8 Å². The number of thioether (sulfide) groups is 1. The third kappa shape index (κ3) is 3.18. The molecule has 1 fully saturated rings. The van der Waals surface area contributed by atoms with Crippen LogP contribution in [0.3, 0.4) is 0 Å². The van der Waals surface area contributed by atoms with E-state index in [2.05, 4.69) is 15.0 Å². The molecule has 3 heterocycles. The van der Waals surface area contributed by atoms with Crippen molar-refractivity contribution in [3.63, 3.8) is 0 Å². The van der Waals surface area contributed by atoms with Gasteiger partial charge in [-0.3, -0.25) is 9.36 Å². The normalized spacial score (nSPS) is 23.9. The molecule has 0 aliphatic carbocycles. The Morgan fingerprint density at radius 2 is 2.29 bits per heavy atom. The second-order valence-electron chi connectivity index (χ2n) is 6.03. The molecule has 2 N–H and O–H groups in total. The van der Waals surface area contributed by atoms with Crippen LogP contribution in [0, 0.1) is 5.92 Å². The van der Waals surface area contributed by atoms with Gasteiger partial charge < -0.3 is 15.2 Å². The van der Waals surface area contributed by atoms with Gasteiger partial charge in [-0.25, -0.2) is 15.0 Å². The summed E-state index contributed by atoms with van der Waals surface area (Å²) in [4.78, 5) is 24.4. The first-order chi connectivity index (χ1) is 11.5. The number of hydrogen-bond acceptors (Lipinski definition) is 8. The predicted molar refractivity (Wildman–Crippen MR) is 91.4 cm³/mol. The standard InChI is InChI=1S/C15H21N5O3S/c1-8(2)15(21)23-9-4-11(22-10(9)5-24-3)20-7-19-12-13(16)17-6-18-14(12)20/h6-11H,4-5H2,1-3H3,(H2,16,17,18)/t9-,10+,11+/m0/s1. The number of carbonyl (C=O) groups is 1. The smallest absolute Gasteiger partial charge is 0.308 e. The third-order valence-electron chi connectivity index (χ3n) is 3.95. The van der Waals surface area contributed by atoms with Gasteiger partial charge in [0.1, 0.15) is 30.3 Å². The number of imidazole rings is 1. The van der Waals surface area contributed by atoms with Gasteiger partial charge in [-0.05, 0) is 6.26 Å². The summed E-state index contributed by atoms with van der Waals surface area (Å²) < 4.78 is 13.6. The van der Waals surface area contributed by atoms with Crippen LogP contribution in [0.15, 0.2) is 12.7 Å². The van der Waals surface area contributed by atoms with Crippen LogP contribution < -0.4 is 5.73 Å². The first-order valence-electron chi connectivity index (χ1n) is 7.79. The van der Waals surface area contributed by atoms with E-state index in [1.807, 2.05) is 24.7 Å². The monoisotopic (exact) mass is 351 g/mol. The van der Waals surface area contributed by atoms with Crippen molar-refractivity contribution < 1.29 is 14.3 Å². The number of nitrogen functional groups attached to an aromatic ring is 1. The van der Waals surface area contributed by atoms with Crippen molar-refractivity contribution in [1.82, 2.24) is 19.5 Å². The highest BCUT2D eigenvalue weighted by atomic mass is 32.2. The maximum atomic E-state index is 12.0. The van der Waals surface area contributed by atoms with Gasteiger partial charge in [0.25, 0.3) is 0 Å². The van der Waals surface area contributed by atoms with E-state index >= 15 is 0 Å². The molecule has 130 valence electrons. The highest BCUT2D eigenvalue weighted by molar-refractivity contribution is 7.98. The number of esters is 1. The Morgan fingerprint density at radius 1 is 1.50 bits per heavy atom. The first-order valence-corrected chi connectivity index (χ1v) is 9.18. The summed E-state index contributed by atoms with van der Waals surface area (Å²) in [6, 6.07) is 0. The van der Waals surface area contributed by atoms with Crippen molar-refractivity contribution in [3.05, 3.63) is 12.7 Å². The number of nitrogens with two attached hydrogens (primary N) is 1. The molecule has 0 saturated carbocycles. The van der Waals surface area contributed by atoms with E-state index in [1.54, 1.807) is 18.1 Å². The van der Waals surface area contributed by atoms with Gasteiger partial charge in [-0.2, -0.15) is 11.8 Å². The summed E-state index contributed by atoms with van der Waals surface area (Å²) in [7, 11) is 0. The molecule has 0 radical (unpaired) electrons. The van der Waals surface area contributed by atoms with E-state index in [-0.39, 0.29) is 30.3 Å². The fraction of sp³-hybridized carbons (Fsp3) is 0.600. The molecule has 0 amide bonds. The Kier molecular flexibility index (Phi) is 4.91. The largest absolute Gasteiger partial charge is 0.459 e. The fourth-order valence-corrected chi connectivity index (χ4v) is 3.30. The maximum absolute atomic E-state index is 12.0. The number of anilines is 1. The van der Waals surface area contributed by atoms with E-state index in [0.717, 1.165) is 5.75 Å². The van der Waals surface area contributed by atoms with Crippen molar-refractivity contribution >= 4 is 34.7 Å². The lowest BCUT2D eigenvalue weighted by atomic mass is 10.1. The molecule has 1 aliphatic heterocycles. The van der Waals surface area contributed by atoms with Gasteiger partial charge >= 0.3 is 5.97 Å². The third-order valence-corrected chi connectivity index (χ3v) is 4.61. The molecular weight excluding hydrogens is 330 g/mol. The summed E-state index contributed by atoms with van der Waals surface area (Å²) in [6.07, 6.45) is 4.85. The summed E-state index contributed by atoms with van der Waals surface area (Å²) in [5.74, 6) is 0.703. The van der Waals surface area contributed by atoms with Crippen LogP contribution in [0.1, 0.15) is 26.5 Å². The lowest BCUT2D eigenvalue weighted by molar-refractivity contribution is -0.155. The summed E-state index contributed by atoms with van der Waals surface area (Å²) in [5, 5.41) is 0. The number of hydrogen-bond donors (Lipinski definition) is 1. The molecule has 3 atom stereocenters. The van der Waals surface area contributed by atoms with Crippen molar-refractivity contribution in [2.24, 2.45) is 5.92 Å². The Bertz CT molecular complexity index is 735. The maximum Gasteiger partial charge on any atom is 0.308 e. The number of fused-ring (bicyclic) bond motifs is 1. The molecule has 0 bridgehead atoms. The van der Waals surface area contributed by atoms with Crippen LogP contribution >= 0.6 is 11.8 Å². The van der Waals surface area contributed by atoms with Crippen molar-refractivity contribution in [2.45, 2.75) is 38.7 Å². The average molecular weight is 351 g/mol. The van der Waals surface area contributed by atoms with Gasteiger partial charge in [0, 0.05) is 12.2 Å². The van der Waals surface area contributed by atoms with Crippen molar-refractivity contribution in [3.8, 4) is 0 Å². The van der Waals surface area contributed by atoms with Gasteiger partial charge in [0.05, 0.1) is 12.2 Å². The van der Waals surface area contributed by atoms with Crippen molar-refractivity contribution in [1.29, 1.82) is 0 Å². The quantitative estimate of drug-likeness (QED) is 0.810. The minimum Gasteiger partial charge on any atom is -0.459 e. The van der Waals surface area contributed by atoms with Crippen LogP contribution in [-0.4, -0.2) is 49.7 Å². The van der Waals surface area contributed by atoms with E-state index in [0.29, 0.717) is 23.4 Å². The van der Waals surface area contributed by atoms with Crippen LogP contribution in [0.25, 0.3) is 11.2 Å². The molecule has 3 rings (SSSR count). The zero-order chi connectivity index (χ0) is 17.3. The van der Waals surface area contributed by atoms with E-state index < -0.39 is 0 Å². The first kappa shape index (κ1) is 17.0. The number of aromatic nitrogens is 4. The molecule has 2 aromatic rings. The Morgan fingerprint density at radius 3 is 3.00 bits per heavy atom. The molecule has 2 aromatic heterocycles. The highest BCUT2D eigenvalue weighted by Gasteiger charge is 2.39. The second kappa shape index (κ2) is 6.94. The molecule has 1 aliphatic rings. The van der Waals surface area contributed by atoms with Gasteiger partial charge in [0.15, 0.2) is 11.5 Å². The second-order valence-corrected chi connectivity index (χ2v) is 6.94. The van der Waals surface area contributed by atoms with Crippen molar-refractivity contribution in [2.75, 3.05) is 17.7 Å². The molecular formula is C15H21N5O3S. The van der Waals surface area contributed by atoms with E-state index in [1.165, 1.54) is 6.33 Å². The van der Waals surface area contributed by atoms with Crippen LogP contribution in [0.5, 0.6) is 0 Å². The molecule has 1 saturated heterocycles. The summed E-state index contributed by atoms with van der Waals surface area (Å²) in [5.41, 5.74) is 6.99. The predicted octanol–water partition coefficient (Wildman–Crippen LogP) is 1.63. The summed E-state index contributed by atoms with van der Waals surface area (Å²) >= 11 is 1.66. The molecule has 9 heteroatoms. The lowest BCUT2D eigenvalue weighted by Crippen LogP contribution is -2.30. The molecule has 0 aromatic carbocycles. The fourth-order valence-electron chi connectivity index (χ4n) is 2.68. The zero-order valence-corrected chi connectivity index (χ0v) is 14.7. The minimum absolute atomic E-state index is 0.163. The van der Waals surface area contributed by atoms with Gasteiger partial charge in [0.2, 0.25) is 0 Å². The molecule has 0 unspecified atom stereocenters. The van der Waals surface area contributed by atoms with Crippen LogP contribution in [0.2, 0.25) is 0 Å². The minimum atomic E-state index is -0.300. The number of carbonyl (C=O) groups excluding carboxylic acids is 1. The number of nitrogens with zero attached hydrogens (tertiary/aromatic N) is 4. The lowest BCUT2D eigenvalue weighted by Gasteiger charge is -2.18. The average Bonchev–Trinajstić information content (AvgIpc) is 3.13.